The molecule has 0 radical (unpaired) electrons. The molecular formula is C8H16N2. The van der Waals surface area contributed by atoms with Crippen molar-refractivity contribution in [2.45, 2.75) is 31.7 Å². The SMILES string of the molecule is CN(C)C1CCC(=N)CC1. The van der Waals surface area contributed by atoms with Crippen LogP contribution in [0.3, 0.4) is 0 Å². The van der Waals surface area contributed by atoms with Gasteiger partial charge >= 0.3 is 0 Å². The van der Waals surface area contributed by atoms with Crippen molar-refractivity contribution in [3.05, 3.63) is 0 Å². The Morgan fingerprint density at radius 3 is 2.20 bits per heavy atom. The van der Waals surface area contributed by atoms with Crippen LogP contribution < -0.4 is 0 Å². The second-order valence-corrected chi connectivity index (χ2v) is 3.30. The minimum absolute atomic E-state index is 0.731. The minimum atomic E-state index is 0.731. The van der Waals surface area contributed by atoms with Crippen LogP contribution in [0.1, 0.15) is 25.7 Å². The van der Waals surface area contributed by atoms with Crippen molar-refractivity contribution in [1.29, 1.82) is 5.41 Å². The van der Waals surface area contributed by atoms with Crippen molar-refractivity contribution in [2.24, 2.45) is 0 Å². The van der Waals surface area contributed by atoms with Crippen LogP contribution in [0, 0.1) is 5.41 Å². The van der Waals surface area contributed by atoms with E-state index in [0.29, 0.717) is 0 Å². The van der Waals surface area contributed by atoms with E-state index in [4.69, 9.17) is 5.41 Å². The monoisotopic (exact) mass is 140 g/mol. The minimum Gasteiger partial charge on any atom is -0.310 e. The van der Waals surface area contributed by atoms with Crippen LogP contribution in [0.25, 0.3) is 0 Å². The number of rotatable bonds is 1. The van der Waals surface area contributed by atoms with Gasteiger partial charge in [-0.3, -0.25) is 0 Å². The fraction of sp³-hybridized carbons (Fsp3) is 0.875. The standard InChI is InChI=1S/C8H16N2/c1-10(2)8-5-3-7(9)4-6-8/h8-9H,3-6H2,1-2H3. The quantitative estimate of drug-likeness (QED) is 0.587. The van der Waals surface area contributed by atoms with E-state index < -0.39 is 0 Å². The zero-order valence-electron chi connectivity index (χ0n) is 6.85. The highest BCUT2D eigenvalue weighted by molar-refractivity contribution is 5.82. The van der Waals surface area contributed by atoms with Crippen molar-refractivity contribution in [1.82, 2.24) is 4.90 Å². The van der Waals surface area contributed by atoms with Crippen molar-refractivity contribution >= 4 is 5.71 Å². The Kier molecular flexibility index (Phi) is 2.44. The van der Waals surface area contributed by atoms with Crippen molar-refractivity contribution in [3.63, 3.8) is 0 Å². The average molecular weight is 140 g/mol. The zero-order valence-corrected chi connectivity index (χ0v) is 6.85. The highest BCUT2D eigenvalue weighted by atomic mass is 15.1. The predicted octanol–water partition coefficient (Wildman–Crippen LogP) is 1.51. The van der Waals surface area contributed by atoms with Gasteiger partial charge in [-0.05, 0) is 39.8 Å². The van der Waals surface area contributed by atoms with Crippen LogP contribution in [0.2, 0.25) is 0 Å². The number of nitrogens with zero attached hydrogens (tertiary/aromatic N) is 1. The summed E-state index contributed by atoms with van der Waals surface area (Å²) in [6.07, 6.45) is 4.41. The molecule has 2 heteroatoms. The molecule has 0 bridgehead atoms. The lowest BCUT2D eigenvalue weighted by Gasteiger charge is -2.28. The topological polar surface area (TPSA) is 27.1 Å². The lowest BCUT2D eigenvalue weighted by molar-refractivity contribution is 0.260. The predicted molar refractivity (Wildman–Crippen MR) is 43.7 cm³/mol. The van der Waals surface area contributed by atoms with E-state index >= 15 is 0 Å². The van der Waals surface area contributed by atoms with E-state index in [1.54, 1.807) is 0 Å². The average Bonchev–Trinajstić information content (AvgIpc) is 1.88. The Hall–Kier alpha value is -0.370. The summed E-state index contributed by atoms with van der Waals surface area (Å²) >= 11 is 0. The molecular weight excluding hydrogens is 124 g/mol. The van der Waals surface area contributed by atoms with Gasteiger partial charge in [0.2, 0.25) is 0 Å². The molecule has 0 aromatic heterocycles. The Morgan fingerprint density at radius 2 is 1.80 bits per heavy atom. The Labute approximate surface area is 62.7 Å². The lowest BCUT2D eigenvalue weighted by atomic mass is 9.93. The van der Waals surface area contributed by atoms with E-state index in [0.717, 1.165) is 24.6 Å². The summed E-state index contributed by atoms with van der Waals surface area (Å²) in [6.45, 7) is 0. The summed E-state index contributed by atoms with van der Waals surface area (Å²) < 4.78 is 0. The summed E-state index contributed by atoms with van der Waals surface area (Å²) in [7, 11) is 4.25. The van der Waals surface area contributed by atoms with E-state index in [-0.39, 0.29) is 0 Å². The van der Waals surface area contributed by atoms with Crippen LogP contribution in [0.5, 0.6) is 0 Å². The molecule has 1 saturated carbocycles. The molecule has 1 rings (SSSR count). The molecule has 0 unspecified atom stereocenters. The fourth-order valence-electron chi connectivity index (χ4n) is 1.47. The lowest BCUT2D eigenvalue weighted by Crippen LogP contribution is -2.31. The van der Waals surface area contributed by atoms with Gasteiger partial charge in [-0.15, -0.1) is 0 Å². The van der Waals surface area contributed by atoms with Gasteiger partial charge in [0.05, 0.1) is 0 Å². The van der Waals surface area contributed by atoms with Crippen molar-refractivity contribution in [3.8, 4) is 0 Å². The Balaban J connectivity index is 2.33. The van der Waals surface area contributed by atoms with Gasteiger partial charge < -0.3 is 10.3 Å². The maximum Gasteiger partial charge on any atom is 0.00963 e. The molecule has 0 aromatic carbocycles. The first-order valence-electron chi connectivity index (χ1n) is 3.93. The number of nitrogens with one attached hydrogen (secondary N) is 1. The fourth-order valence-corrected chi connectivity index (χ4v) is 1.47. The van der Waals surface area contributed by atoms with Gasteiger partial charge in [-0.1, -0.05) is 0 Å². The highest BCUT2D eigenvalue weighted by Crippen LogP contribution is 2.17. The molecule has 0 spiro atoms. The van der Waals surface area contributed by atoms with Crippen LogP contribution in [0.4, 0.5) is 0 Å². The van der Waals surface area contributed by atoms with Crippen LogP contribution in [0.15, 0.2) is 0 Å². The van der Waals surface area contributed by atoms with Crippen LogP contribution >= 0.6 is 0 Å². The summed E-state index contributed by atoms with van der Waals surface area (Å²) in [5, 5.41) is 7.40. The zero-order chi connectivity index (χ0) is 7.56. The number of hydrogen-bond acceptors (Lipinski definition) is 2. The van der Waals surface area contributed by atoms with Gasteiger partial charge in [0, 0.05) is 11.8 Å². The second kappa shape index (κ2) is 3.15. The maximum atomic E-state index is 7.40. The summed E-state index contributed by atoms with van der Waals surface area (Å²) in [4.78, 5) is 2.27. The molecule has 2 nitrogen and oxygen atoms in total. The maximum absolute atomic E-state index is 7.40. The summed E-state index contributed by atoms with van der Waals surface area (Å²) in [6, 6.07) is 0.731. The molecule has 0 amide bonds. The Morgan fingerprint density at radius 1 is 1.30 bits per heavy atom. The largest absolute Gasteiger partial charge is 0.310 e. The molecule has 10 heavy (non-hydrogen) atoms. The van der Waals surface area contributed by atoms with E-state index in [1.165, 1.54) is 12.8 Å². The molecule has 0 heterocycles. The van der Waals surface area contributed by atoms with Gasteiger partial charge in [-0.25, -0.2) is 0 Å². The molecule has 58 valence electrons. The van der Waals surface area contributed by atoms with E-state index in [9.17, 15) is 0 Å². The Bertz CT molecular complexity index is 119. The van der Waals surface area contributed by atoms with Gasteiger partial charge in [0.1, 0.15) is 0 Å². The first-order valence-corrected chi connectivity index (χ1v) is 3.93. The number of hydrogen-bond donors (Lipinski definition) is 1. The molecule has 0 atom stereocenters. The van der Waals surface area contributed by atoms with Crippen LogP contribution in [-0.2, 0) is 0 Å². The molecule has 1 aliphatic carbocycles. The molecule has 1 fully saturated rings. The molecule has 1 aliphatic rings. The molecule has 1 N–H and O–H groups in total. The smallest absolute Gasteiger partial charge is 0.00963 e. The first-order chi connectivity index (χ1) is 4.70. The van der Waals surface area contributed by atoms with E-state index in [1.807, 2.05) is 0 Å². The molecule has 0 aliphatic heterocycles. The first kappa shape index (κ1) is 7.73. The van der Waals surface area contributed by atoms with Gasteiger partial charge in [-0.2, -0.15) is 0 Å². The summed E-state index contributed by atoms with van der Waals surface area (Å²) in [5.74, 6) is 0. The summed E-state index contributed by atoms with van der Waals surface area (Å²) in [5.41, 5.74) is 0.943. The van der Waals surface area contributed by atoms with Crippen molar-refractivity contribution < 1.29 is 0 Å². The third-order valence-electron chi connectivity index (χ3n) is 2.29. The third-order valence-corrected chi connectivity index (χ3v) is 2.29. The molecule has 0 aromatic rings. The second-order valence-electron chi connectivity index (χ2n) is 3.30. The normalized spacial score (nSPS) is 27.5. The highest BCUT2D eigenvalue weighted by Gasteiger charge is 2.17. The third kappa shape index (κ3) is 1.81. The van der Waals surface area contributed by atoms with Gasteiger partial charge in [0.15, 0.2) is 0 Å². The molecule has 0 saturated heterocycles. The van der Waals surface area contributed by atoms with Crippen molar-refractivity contribution in [2.75, 3.05) is 14.1 Å². The van der Waals surface area contributed by atoms with Gasteiger partial charge in [0.25, 0.3) is 0 Å². The van der Waals surface area contributed by atoms with Crippen LogP contribution in [-0.4, -0.2) is 30.7 Å². The van der Waals surface area contributed by atoms with E-state index in [2.05, 4.69) is 19.0 Å².